The van der Waals surface area contributed by atoms with E-state index < -0.39 is 6.35 Å². The number of hydrogen-bond acceptors (Lipinski definition) is 5. The summed E-state index contributed by atoms with van der Waals surface area (Å²) in [5.74, 6) is 0. The number of aliphatic hydroxyl groups is 1. The van der Waals surface area contributed by atoms with E-state index in [1.165, 1.54) is 0 Å². The van der Waals surface area contributed by atoms with E-state index >= 15 is 0 Å². The summed E-state index contributed by atoms with van der Waals surface area (Å²) in [5.41, 5.74) is 5.33. The first kappa shape index (κ1) is 13.2. The monoisotopic (exact) mass is 207 g/mol. The zero-order chi connectivity index (χ0) is 10.4. The van der Waals surface area contributed by atoms with E-state index in [1.807, 2.05) is 7.05 Å². The second-order valence-corrected chi connectivity index (χ2v) is 4.13. The molecule has 0 aromatic heterocycles. The highest BCUT2D eigenvalue weighted by Gasteiger charge is 2.16. The minimum Gasteiger partial charge on any atom is -0.365 e. The molecule has 0 aliphatic carbocycles. The predicted molar refractivity (Wildman–Crippen MR) is 58.4 cm³/mol. The van der Waals surface area contributed by atoms with Gasteiger partial charge in [0.15, 0.2) is 6.35 Å². The van der Waals surface area contributed by atoms with Crippen LogP contribution in [-0.2, 0) is 0 Å². The first-order valence-electron chi connectivity index (χ1n) is 4.39. The zero-order valence-corrected chi connectivity index (χ0v) is 9.71. The quantitative estimate of drug-likeness (QED) is 0.591. The molecule has 0 saturated carbocycles. The average molecular weight is 207 g/mol. The largest absolute Gasteiger partial charge is 0.365 e. The van der Waals surface area contributed by atoms with Gasteiger partial charge >= 0.3 is 0 Å². The van der Waals surface area contributed by atoms with Crippen LogP contribution in [-0.4, -0.2) is 60.1 Å². The van der Waals surface area contributed by atoms with Gasteiger partial charge in [0.25, 0.3) is 0 Å². The molecule has 0 amide bonds. The van der Waals surface area contributed by atoms with Crippen molar-refractivity contribution in [3.8, 4) is 0 Å². The van der Waals surface area contributed by atoms with Gasteiger partial charge in [0.05, 0.1) is 5.37 Å². The fraction of sp³-hybridized carbons (Fsp3) is 1.00. The second kappa shape index (κ2) is 6.62. The zero-order valence-electron chi connectivity index (χ0n) is 8.90. The van der Waals surface area contributed by atoms with Gasteiger partial charge in [-0.2, -0.15) is 0 Å². The van der Waals surface area contributed by atoms with E-state index in [4.69, 9.17) is 10.8 Å². The summed E-state index contributed by atoms with van der Waals surface area (Å²) in [6.07, 6.45) is 1.20. The molecule has 0 heterocycles. The molecule has 0 rings (SSSR count). The van der Waals surface area contributed by atoms with E-state index in [-0.39, 0.29) is 0 Å². The molecule has 0 aliphatic heterocycles. The lowest BCUT2D eigenvalue weighted by atomic mass is 10.5. The highest BCUT2D eigenvalue weighted by Crippen LogP contribution is 2.11. The number of nitrogens with two attached hydrogens (primary N) is 1. The van der Waals surface area contributed by atoms with Crippen molar-refractivity contribution < 1.29 is 5.11 Å². The van der Waals surface area contributed by atoms with Crippen LogP contribution >= 0.6 is 11.8 Å². The van der Waals surface area contributed by atoms with Crippen LogP contribution in [0.4, 0.5) is 0 Å². The standard InChI is InChI=1S/C8H21N3OS/c1-5-10(2)7(13-4)6-11(3)8(9)12/h7-8,12H,5-6,9H2,1-4H3. The third-order valence-corrected chi connectivity index (χ3v) is 3.21. The van der Waals surface area contributed by atoms with Crippen molar-refractivity contribution in [2.75, 3.05) is 33.4 Å². The van der Waals surface area contributed by atoms with Crippen molar-refractivity contribution >= 4 is 11.8 Å². The first-order valence-corrected chi connectivity index (χ1v) is 5.68. The van der Waals surface area contributed by atoms with Crippen molar-refractivity contribution in [2.45, 2.75) is 18.6 Å². The van der Waals surface area contributed by atoms with Crippen LogP contribution in [0.1, 0.15) is 6.92 Å². The highest BCUT2D eigenvalue weighted by molar-refractivity contribution is 7.99. The number of aliphatic hydroxyl groups excluding tert-OH is 1. The normalized spacial score (nSPS) is 16.6. The maximum atomic E-state index is 9.10. The third kappa shape index (κ3) is 4.83. The average Bonchev–Trinajstić information content (AvgIpc) is 2.12. The van der Waals surface area contributed by atoms with Gasteiger partial charge in [0.1, 0.15) is 0 Å². The molecule has 13 heavy (non-hydrogen) atoms. The molecule has 0 saturated heterocycles. The molecule has 0 bridgehead atoms. The summed E-state index contributed by atoms with van der Waals surface area (Å²) in [5, 5.41) is 9.48. The smallest absolute Gasteiger partial charge is 0.160 e. The van der Waals surface area contributed by atoms with E-state index in [2.05, 4.69) is 25.1 Å². The summed E-state index contributed by atoms with van der Waals surface area (Å²) in [4.78, 5) is 3.96. The molecule has 0 radical (unpaired) electrons. The Balaban J connectivity index is 3.97. The Morgan fingerprint density at radius 3 is 2.23 bits per heavy atom. The number of rotatable bonds is 6. The van der Waals surface area contributed by atoms with Crippen molar-refractivity contribution in [2.24, 2.45) is 5.73 Å². The van der Waals surface area contributed by atoms with Gasteiger partial charge in [-0.05, 0) is 26.9 Å². The van der Waals surface area contributed by atoms with Gasteiger partial charge < -0.3 is 5.11 Å². The summed E-state index contributed by atoms with van der Waals surface area (Å²) in [6.45, 7) is 3.88. The Kier molecular flexibility index (Phi) is 6.71. The highest BCUT2D eigenvalue weighted by atomic mass is 32.2. The molecular formula is C8H21N3OS. The molecule has 5 heteroatoms. The number of thioether (sulfide) groups is 1. The van der Waals surface area contributed by atoms with Crippen molar-refractivity contribution in [1.82, 2.24) is 9.80 Å². The minimum absolute atomic E-state index is 0.383. The molecule has 2 atom stereocenters. The van der Waals surface area contributed by atoms with Crippen LogP contribution in [0.2, 0.25) is 0 Å². The third-order valence-electron chi connectivity index (χ3n) is 2.16. The van der Waals surface area contributed by atoms with Crippen molar-refractivity contribution in [3.05, 3.63) is 0 Å². The SMILES string of the molecule is CCN(C)C(CN(C)C(N)O)SC. The fourth-order valence-corrected chi connectivity index (χ4v) is 1.85. The molecule has 3 N–H and O–H groups in total. The molecule has 0 aromatic carbocycles. The molecule has 0 fully saturated rings. The lowest BCUT2D eigenvalue weighted by Crippen LogP contribution is -2.46. The van der Waals surface area contributed by atoms with Crippen LogP contribution in [0.15, 0.2) is 0 Å². The van der Waals surface area contributed by atoms with Crippen LogP contribution < -0.4 is 5.73 Å². The van der Waals surface area contributed by atoms with Gasteiger partial charge in [-0.1, -0.05) is 6.92 Å². The Labute approximate surface area is 85.1 Å². The van der Waals surface area contributed by atoms with E-state index in [9.17, 15) is 0 Å². The van der Waals surface area contributed by atoms with Crippen molar-refractivity contribution in [3.63, 3.8) is 0 Å². The topological polar surface area (TPSA) is 52.7 Å². The Hall–Kier alpha value is 0.190. The molecule has 0 spiro atoms. The first-order chi connectivity index (χ1) is 6.02. The lowest BCUT2D eigenvalue weighted by Gasteiger charge is -2.30. The Morgan fingerprint density at radius 1 is 1.38 bits per heavy atom. The van der Waals surface area contributed by atoms with Gasteiger partial charge in [0.2, 0.25) is 0 Å². The van der Waals surface area contributed by atoms with E-state index in [0.717, 1.165) is 13.1 Å². The summed E-state index contributed by atoms with van der Waals surface area (Å²) in [6, 6.07) is 0. The van der Waals surface area contributed by atoms with Crippen LogP contribution in [0.3, 0.4) is 0 Å². The minimum atomic E-state index is -0.861. The maximum Gasteiger partial charge on any atom is 0.160 e. The van der Waals surface area contributed by atoms with Gasteiger partial charge in [0, 0.05) is 6.54 Å². The van der Waals surface area contributed by atoms with Crippen LogP contribution in [0.25, 0.3) is 0 Å². The van der Waals surface area contributed by atoms with Gasteiger partial charge in [-0.15, -0.1) is 11.8 Å². The molecular weight excluding hydrogens is 186 g/mol. The van der Waals surface area contributed by atoms with E-state index in [1.54, 1.807) is 16.7 Å². The maximum absolute atomic E-state index is 9.10. The van der Waals surface area contributed by atoms with Gasteiger partial charge in [-0.3, -0.25) is 15.5 Å². The molecule has 2 unspecified atom stereocenters. The number of hydrogen-bond donors (Lipinski definition) is 2. The van der Waals surface area contributed by atoms with Crippen LogP contribution in [0, 0.1) is 0 Å². The predicted octanol–water partition coefficient (Wildman–Crippen LogP) is -0.206. The Morgan fingerprint density at radius 2 is 1.92 bits per heavy atom. The van der Waals surface area contributed by atoms with Gasteiger partial charge in [-0.25, -0.2) is 0 Å². The van der Waals surface area contributed by atoms with Crippen molar-refractivity contribution in [1.29, 1.82) is 0 Å². The summed E-state index contributed by atoms with van der Waals surface area (Å²) in [7, 11) is 3.88. The molecule has 4 nitrogen and oxygen atoms in total. The lowest BCUT2D eigenvalue weighted by molar-refractivity contribution is 0.0207. The summed E-state index contributed by atoms with van der Waals surface area (Å²) < 4.78 is 0. The molecule has 0 aromatic rings. The number of nitrogens with zero attached hydrogens (tertiary/aromatic N) is 2. The molecule has 0 aliphatic rings. The fourth-order valence-electron chi connectivity index (χ4n) is 0.952. The van der Waals surface area contributed by atoms with Crippen LogP contribution in [0.5, 0.6) is 0 Å². The Bertz CT molecular complexity index is 135. The second-order valence-electron chi connectivity index (χ2n) is 3.12. The molecule has 80 valence electrons. The van der Waals surface area contributed by atoms with E-state index in [0.29, 0.717) is 5.37 Å². The summed E-state index contributed by atoms with van der Waals surface area (Å²) >= 11 is 1.77. The number of likely N-dealkylation sites (N-methyl/N-ethyl adjacent to an activating group) is 2.